The molecule has 0 atom stereocenters. The van der Waals surface area contributed by atoms with Crippen molar-refractivity contribution < 1.29 is 9.59 Å². The summed E-state index contributed by atoms with van der Waals surface area (Å²) in [4.78, 5) is 26.0. The van der Waals surface area contributed by atoms with Crippen LogP contribution in [-0.4, -0.2) is 53.6 Å². The number of hydrogen-bond donors (Lipinski definition) is 0. The predicted molar refractivity (Wildman–Crippen MR) is 61.9 cm³/mol. The summed E-state index contributed by atoms with van der Waals surface area (Å²) >= 11 is 3.36. The second kappa shape index (κ2) is 6.10. The smallest absolute Gasteiger partial charge is 0.312 e. The Kier molecular flexibility index (Phi) is 5.08. The minimum Gasteiger partial charge on any atom is -0.336 e. The van der Waals surface area contributed by atoms with Gasteiger partial charge in [0.25, 0.3) is 0 Å². The Balaban J connectivity index is 2.30. The Morgan fingerprint density at radius 2 is 1.87 bits per heavy atom. The first-order valence-corrected chi connectivity index (χ1v) is 6.39. The zero-order valence-electron chi connectivity index (χ0n) is 9.04. The van der Waals surface area contributed by atoms with E-state index >= 15 is 0 Å². The van der Waals surface area contributed by atoms with Gasteiger partial charge in [-0.05, 0) is 12.8 Å². The fraction of sp³-hybridized carbons (Fsp3) is 0.800. The van der Waals surface area contributed by atoms with Crippen molar-refractivity contribution in [3.05, 3.63) is 0 Å². The van der Waals surface area contributed by atoms with Gasteiger partial charge in [0.1, 0.15) is 0 Å². The second-order valence-corrected chi connectivity index (χ2v) is 4.56. The van der Waals surface area contributed by atoms with Crippen LogP contribution in [0.3, 0.4) is 0 Å². The number of alkyl halides is 1. The molecule has 0 aromatic rings. The SMILES string of the molecule is CN1CCN(CCCCCBr)C(=O)C1=O. The summed E-state index contributed by atoms with van der Waals surface area (Å²) in [5, 5.41) is 1.00. The molecule has 0 saturated carbocycles. The Bertz CT molecular complexity index is 246. The molecular formula is C10H17BrN2O2. The van der Waals surface area contributed by atoms with Crippen molar-refractivity contribution in [3.8, 4) is 0 Å². The molecule has 2 amide bonds. The van der Waals surface area contributed by atoms with Crippen molar-refractivity contribution in [3.63, 3.8) is 0 Å². The van der Waals surface area contributed by atoms with Gasteiger partial charge in [0.15, 0.2) is 0 Å². The molecule has 0 aromatic carbocycles. The summed E-state index contributed by atoms with van der Waals surface area (Å²) in [6.45, 7) is 2.05. The average molecular weight is 277 g/mol. The molecule has 0 aromatic heterocycles. The molecule has 1 aliphatic heterocycles. The van der Waals surface area contributed by atoms with Crippen LogP contribution in [-0.2, 0) is 9.59 Å². The highest BCUT2D eigenvalue weighted by Crippen LogP contribution is 2.06. The van der Waals surface area contributed by atoms with Crippen LogP contribution in [0.4, 0.5) is 0 Å². The molecule has 5 heteroatoms. The van der Waals surface area contributed by atoms with Gasteiger partial charge in [0.05, 0.1) is 0 Å². The number of likely N-dealkylation sites (N-methyl/N-ethyl adjacent to an activating group) is 1. The van der Waals surface area contributed by atoms with E-state index < -0.39 is 0 Å². The Morgan fingerprint density at radius 3 is 2.53 bits per heavy atom. The molecule has 4 nitrogen and oxygen atoms in total. The van der Waals surface area contributed by atoms with Crippen molar-refractivity contribution in [2.45, 2.75) is 19.3 Å². The van der Waals surface area contributed by atoms with E-state index in [-0.39, 0.29) is 11.8 Å². The quantitative estimate of drug-likeness (QED) is 0.425. The molecule has 86 valence electrons. The summed E-state index contributed by atoms with van der Waals surface area (Å²) < 4.78 is 0. The predicted octanol–water partition coefficient (Wildman–Crippen LogP) is 0.852. The fourth-order valence-electron chi connectivity index (χ4n) is 1.56. The lowest BCUT2D eigenvalue weighted by Gasteiger charge is -2.31. The van der Waals surface area contributed by atoms with Crippen LogP contribution in [0.15, 0.2) is 0 Å². The van der Waals surface area contributed by atoms with Gasteiger partial charge in [-0.25, -0.2) is 0 Å². The maximum atomic E-state index is 11.5. The lowest BCUT2D eigenvalue weighted by Crippen LogP contribution is -2.52. The molecule has 15 heavy (non-hydrogen) atoms. The summed E-state index contributed by atoms with van der Waals surface area (Å²) in [5.41, 5.74) is 0. The standard InChI is InChI=1S/C10H17BrN2O2/c1-12-7-8-13(10(15)9(12)14)6-4-2-3-5-11/h2-8H2,1H3. The van der Waals surface area contributed by atoms with E-state index in [1.165, 1.54) is 4.90 Å². The van der Waals surface area contributed by atoms with E-state index in [2.05, 4.69) is 15.9 Å². The third-order valence-corrected chi connectivity index (χ3v) is 3.14. The number of hydrogen-bond acceptors (Lipinski definition) is 2. The molecule has 1 fully saturated rings. The zero-order valence-corrected chi connectivity index (χ0v) is 10.6. The topological polar surface area (TPSA) is 40.6 Å². The molecular weight excluding hydrogens is 260 g/mol. The molecule has 0 N–H and O–H groups in total. The Labute approximate surface area is 98.7 Å². The highest BCUT2D eigenvalue weighted by Gasteiger charge is 2.29. The average Bonchev–Trinajstić information content (AvgIpc) is 2.24. The van der Waals surface area contributed by atoms with Crippen LogP contribution >= 0.6 is 15.9 Å². The number of carbonyl (C=O) groups excluding carboxylic acids is 2. The van der Waals surface area contributed by atoms with Gasteiger partial charge < -0.3 is 9.80 Å². The zero-order chi connectivity index (χ0) is 11.3. The highest BCUT2D eigenvalue weighted by atomic mass is 79.9. The molecule has 0 aliphatic carbocycles. The van der Waals surface area contributed by atoms with Crippen molar-refractivity contribution in [2.75, 3.05) is 32.0 Å². The molecule has 0 radical (unpaired) electrons. The number of nitrogens with zero attached hydrogens (tertiary/aromatic N) is 2. The van der Waals surface area contributed by atoms with Crippen LogP contribution in [0.2, 0.25) is 0 Å². The maximum absolute atomic E-state index is 11.5. The van der Waals surface area contributed by atoms with Crippen molar-refractivity contribution in [2.24, 2.45) is 0 Å². The minimum atomic E-state index is -0.373. The number of amides is 2. The van der Waals surface area contributed by atoms with E-state index in [0.717, 1.165) is 24.6 Å². The van der Waals surface area contributed by atoms with Crippen LogP contribution in [0, 0.1) is 0 Å². The van der Waals surface area contributed by atoms with Crippen LogP contribution in [0.25, 0.3) is 0 Å². The summed E-state index contributed by atoms with van der Waals surface area (Å²) in [7, 11) is 1.67. The summed E-state index contributed by atoms with van der Waals surface area (Å²) in [6.07, 6.45) is 3.20. The second-order valence-electron chi connectivity index (χ2n) is 3.77. The molecule has 0 bridgehead atoms. The van der Waals surface area contributed by atoms with Gasteiger partial charge in [0, 0.05) is 32.0 Å². The third-order valence-electron chi connectivity index (χ3n) is 2.58. The Morgan fingerprint density at radius 1 is 1.13 bits per heavy atom. The minimum absolute atomic E-state index is 0.345. The van der Waals surface area contributed by atoms with Crippen LogP contribution < -0.4 is 0 Å². The highest BCUT2D eigenvalue weighted by molar-refractivity contribution is 9.09. The first-order chi connectivity index (χ1) is 7.16. The lowest BCUT2D eigenvalue weighted by atomic mass is 10.2. The van der Waals surface area contributed by atoms with E-state index in [1.54, 1.807) is 11.9 Å². The van der Waals surface area contributed by atoms with Gasteiger partial charge in [-0.2, -0.15) is 0 Å². The van der Waals surface area contributed by atoms with Gasteiger partial charge in [0.2, 0.25) is 0 Å². The van der Waals surface area contributed by atoms with Gasteiger partial charge >= 0.3 is 11.8 Å². The molecule has 0 unspecified atom stereocenters. The Hall–Kier alpha value is -0.580. The third kappa shape index (κ3) is 3.48. The van der Waals surface area contributed by atoms with E-state index in [4.69, 9.17) is 0 Å². The van der Waals surface area contributed by atoms with Crippen LogP contribution in [0.5, 0.6) is 0 Å². The number of carbonyl (C=O) groups is 2. The number of rotatable bonds is 5. The first kappa shape index (κ1) is 12.5. The maximum Gasteiger partial charge on any atom is 0.312 e. The van der Waals surface area contributed by atoms with Crippen molar-refractivity contribution in [1.29, 1.82) is 0 Å². The van der Waals surface area contributed by atoms with E-state index in [9.17, 15) is 9.59 Å². The van der Waals surface area contributed by atoms with E-state index in [1.807, 2.05) is 0 Å². The van der Waals surface area contributed by atoms with Gasteiger partial charge in [-0.3, -0.25) is 9.59 Å². The first-order valence-electron chi connectivity index (χ1n) is 5.27. The largest absolute Gasteiger partial charge is 0.336 e. The van der Waals surface area contributed by atoms with Crippen molar-refractivity contribution >= 4 is 27.7 Å². The summed E-state index contributed by atoms with van der Waals surface area (Å²) in [6, 6.07) is 0. The molecule has 0 spiro atoms. The fourth-order valence-corrected chi connectivity index (χ4v) is 1.96. The molecule has 1 aliphatic rings. The monoisotopic (exact) mass is 276 g/mol. The number of piperazine rings is 1. The van der Waals surface area contributed by atoms with E-state index in [0.29, 0.717) is 19.6 Å². The van der Waals surface area contributed by atoms with Gasteiger partial charge in [-0.15, -0.1) is 0 Å². The normalized spacial score (nSPS) is 17.5. The lowest BCUT2D eigenvalue weighted by molar-refractivity contribution is -0.154. The summed E-state index contributed by atoms with van der Waals surface area (Å²) in [5.74, 6) is -0.718. The van der Waals surface area contributed by atoms with Gasteiger partial charge in [-0.1, -0.05) is 22.4 Å². The molecule has 1 saturated heterocycles. The molecule has 1 rings (SSSR count). The molecule has 1 heterocycles. The van der Waals surface area contributed by atoms with Crippen LogP contribution in [0.1, 0.15) is 19.3 Å². The number of unbranched alkanes of at least 4 members (excludes halogenated alkanes) is 2. The van der Waals surface area contributed by atoms with Crippen molar-refractivity contribution in [1.82, 2.24) is 9.80 Å². The number of halogens is 1.